The summed E-state index contributed by atoms with van der Waals surface area (Å²) in [4.78, 5) is 12.1. The highest BCUT2D eigenvalue weighted by Gasteiger charge is 2.20. The molecule has 1 unspecified atom stereocenters. The second kappa shape index (κ2) is 5.21. The van der Waals surface area contributed by atoms with E-state index in [2.05, 4.69) is 5.32 Å². The highest BCUT2D eigenvalue weighted by atomic mass is 19.1. The first kappa shape index (κ1) is 11.3. The van der Waals surface area contributed by atoms with Gasteiger partial charge < -0.3 is 5.32 Å². The molecule has 1 atom stereocenters. The van der Waals surface area contributed by atoms with Gasteiger partial charge >= 0.3 is 0 Å². The highest BCUT2D eigenvalue weighted by Crippen LogP contribution is 2.19. The SMILES string of the molecule is O=C(c1ccc(F)cc1)C1CCCNCC1. The molecule has 2 nitrogen and oxygen atoms in total. The van der Waals surface area contributed by atoms with E-state index < -0.39 is 0 Å². The molecule has 3 heteroatoms. The van der Waals surface area contributed by atoms with Crippen molar-refractivity contribution in [2.24, 2.45) is 5.92 Å². The van der Waals surface area contributed by atoms with Crippen LogP contribution in [0.15, 0.2) is 24.3 Å². The Bertz CT molecular complexity index is 353. The summed E-state index contributed by atoms with van der Waals surface area (Å²) in [6.07, 6.45) is 2.86. The zero-order valence-corrected chi connectivity index (χ0v) is 9.21. The standard InChI is InChI=1S/C13H16FNO/c14-12-5-3-11(4-6-12)13(16)10-2-1-8-15-9-7-10/h3-6,10,15H,1-2,7-9H2. The van der Waals surface area contributed by atoms with Gasteiger partial charge in [0.05, 0.1) is 0 Å². The monoisotopic (exact) mass is 221 g/mol. The lowest BCUT2D eigenvalue weighted by Crippen LogP contribution is -2.18. The minimum Gasteiger partial charge on any atom is -0.317 e. The maximum absolute atomic E-state index is 12.7. The van der Waals surface area contributed by atoms with Crippen molar-refractivity contribution < 1.29 is 9.18 Å². The fourth-order valence-electron chi connectivity index (χ4n) is 2.13. The van der Waals surface area contributed by atoms with Crippen LogP contribution in [0.5, 0.6) is 0 Å². The summed E-state index contributed by atoms with van der Waals surface area (Å²) in [6, 6.07) is 5.86. The van der Waals surface area contributed by atoms with Crippen LogP contribution in [0.2, 0.25) is 0 Å². The molecule has 1 aromatic rings. The fourth-order valence-corrected chi connectivity index (χ4v) is 2.13. The second-order valence-corrected chi connectivity index (χ2v) is 4.25. The van der Waals surface area contributed by atoms with Gasteiger partial charge in [-0.25, -0.2) is 4.39 Å². The molecule has 1 aromatic carbocycles. The predicted molar refractivity (Wildman–Crippen MR) is 60.9 cm³/mol. The first-order valence-electron chi connectivity index (χ1n) is 5.78. The molecule has 1 heterocycles. The molecular formula is C13H16FNO. The molecule has 0 bridgehead atoms. The number of halogens is 1. The summed E-state index contributed by atoms with van der Waals surface area (Å²) in [5, 5.41) is 3.28. The molecule has 1 fully saturated rings. The lowest BCUT2D eigenvalue weighted by molar-refractivity contribution is 0.0910. The van der Waals surface area contributed by atoms with Crippen molar-refractivity contribution in [3.8, 4) is 0 Å². The van der Waals surface area contributed by atoms with Crippen molar-refractivity contribution in [3.05, 3.63) is 35.6 Å². The minimum atomic E-state index is -0.293. The molecular weight excluding hydrogens is 205 g/mol. The van der Waals surface area contributed by atoms with Crippen LogP contribution < -0.4 is 5.32 Å². The van der Waals surface area contributed by atoms with E-state index >= 15 is 0 Å². The van der Waals surface area contributed by atoms with E-state index in [1.54, 1.807) is 12.1 Å². The molecule has 1 saturated heterocycles. The van der Waals surface area contributed by atoms with Crippen LogP contribution >= 0.6 is 0 Å². The Morgan fingerprint density at radius 3 is 2.69 bits per heavy atom. The Morgan fingerprint density at radius 2 is 1.94 bits per heavy atom. The number of nitrogens with one attached hydrogen (secondary N) is 1. The molecule has 0 aliphatic carbocycles. The summed E-state index contributed by atoms with van der Waals surface area (Å²) in [5.41, 5.74) is 0.633. The van der Waals surface area contributed by atoms with Gasteiger partial charge in [0.15, 0.2) is 5.78 Å². The predicted octanol–water partition coefficient (Wildman–Crippen LogP) is 2.40. The quantitative estimate of drug-likeness (QED) is 0.777. The molecule has 0 aromatic heterocycles. The van der Waals surface area contributed by atoms with Gasteiger partial charge in [-0.3, -0.25) is 4.79 Å². The summed E-state index contributed by atoms with van der Waals surface area (Å²) in [6.45, 7) is 1.89. The lowest BCUT2D eigenvalue weighted by Gasteiger charge is -2.12. The van der Waals surface area contributed by atoms with Gasteiger partial charge in [0.1, 0.15) is 5.82 Å². The normalized spacial score (nSPS) is 21.4. The number of hydrogen-bond acceptors (Lipinski definition) is 2. The summed E-state index contributed by atoms with van der Waals surface area (Å²) in [7, 11) is 0. The van der Waals surface area contributed by atoms with Crippen molar-refractivity contribution in [2.75, 3.05) is 13.1 Å². The van der Waals surface area contributed by atoms with E-state index in [-0.39, 0.29) is 17.5 Å². The van der Waals surface area contributed by atoms with Crippen LogP contribution in [0.3, 0.4) is 0 Å². The Balaban J connectivity index is 2.08. The molecule has 2 rings (SSSR count). The summed E-state index contributed by atoms with van der Waals surface area (Å²) >= 11 is 0. The van der Waals surface area contributed by atoms with Crippen LogP contribution in [-0.2, 0) is 0 Å². The number of carbonyl (C=O) groups is 1. The van der Waals surface area contributed by atoms with Gasteiger partial charge in [-0.05, 0) is 56.6 Å². The third-order valence-electron chi connectivity index (χ3n) is 3.08. The second-order valence-electron chi connectivity index (χ2n) is 4.25. The molecule has 0 saturated carbocycles. The van der Waals surface area contributed by atoms with Crippen LogP contribution in [-0.4, -0.2) is 18.9 Å². The Labute approximate surface area is 94.9 Å². The van der Waals surface area contributed by atoms with Gasteiger partial charge in [0.2, 0.25) is 0 Å². The average Bonchev–Trinajstić information content (AvgIpc) is 2.57. The summed E-state index contributed by atoms with van der Waals surface area (Å²) < 4.78 is 12.7. The van der Waals surface area contributed by atoms with E-state index in [0.29, 0.717) is 5.56 Å². The van der Waals surface area contributed by atoms with Gasteiger partial charge in [-0.1, -0.05) is 0 Å². The van der Waals surface area contributed by atoms with Crippen LogP contribution in [0.25, 0.3) is 0 Å². The van der Waals surface area contributed by atoms with E-state index in [9.17, 15) is 9.18 Å². The zero-order valence-electron chi connectivity index (χ0n) is 9.21. The van der Waals surface area contributed by atoms with Crippen LogP contribution in [0.1, 0.15) is 29.6 Å². The van der Waals surface area contributed by atoms with Crippen molar-refractivity contribution >= 4 is 5.78 Å². The third-order valence-corrected chi connectivity index (χ3v) is 3.08. The molecule has 0 radical (unpaired) electrons. The van der Waals surface area contributed by atoms with Crippen molar-refractivity contribution in [2.45, 2.75) is 19.3 Å². The van der Waals surface area contributed by atoms with Crippen LogP contribution in [0, 0.1) is 11.7 Å². The van der Waals surface area contributed by atoms with Gasteiger partial charge in [0, 0.05) is 11.5 Å². The van der Waals surface area contributed by atoms with E-state index in [1.807, 2.05) is 0 Å². The van der Waals surface area contributed by atoms with Crippen molar-refractivity contribution in [1.29, 1.82) is 0 Å². The number of benzene rings is 1. The van der Waals surface area contributed by atoms with Gasteiger partial charge in [-0.2, -0.15) is 0 Å². The maximum atomic E-state index is 12.7. The summed E-state index contributed by atoms with van der Waals surface area (Å²) in [5.74, 6) is -0.0387. The highest BCUT2D eigenvalue weighted by molar-refractivity contribution is 5.97. The first-order valence-corrected chi connectivity index (χ1v) is 5.78. The number of carbonyl (C=O) groups excluding carboxylic acids is 1. The molecule has 1 aliphatic rings. The van der Waals surface area contributed by atoms with Crippen LogP contribution in [0.4, 0.5) is 4.39 Å². The fraction of sp³-hybridized carbons (Fsp3) is 0.462. The molecule has 1 aliphatic heterocycles. The van der Waals surface area contributed by atoms with Gasteiger partial charge in [0.25, 0.3) is 0 Å². The smallest absolute Gasteiger partial charge is 0.165 e. The molecule has 1 N–H and O–H groups in total. The number of rotatable bonds is 2. The van der Waals surface area contributed by atoms with E-state index in [1.165, 1.54) is 12.1 Å². The molecule has 0 spiro atoms. The first-order chi connectivity index (χ1) is 7.77. The number of ketones is 1. The Morgan fingerprint density at radius 1 is 1.19 bits per heavy atom. The molecule has 16 heavy (non-hydrogen) atoms. The largest absolute Gasteiger partial charge is 0.317 e. The van der Waals surface area contributed by atoms with Crippen molar-refractivity contribution in [1.82, 2.24) is 5.32 Å². The third kappa shape index (κ3) is 2.67. The Hall–Kier alpha value is -1.22. The Kier molecular flexibility index (Phi) is 3.67. The minimum absolute atomic E-state index is 0.0976. The zero-order chi connectivity index (χ0) is 11.4. The topological polar surface area (TPSA) is 29.1 Å². The van der Waals surface area contributed by atoms with Gasteiger partial charge in [-0.15, -0.1) is 0 Å². The average molecular weight is 221 g/mol. The number of Topliss-reactive ketones (excluding diaryl/α,β-unsaturated/α-hetero) is 1. The number of hydrogen-bond donors (Lipinski definition) is 1. The molecule has 0 amide bonds. The van der Waals surface area contributed by atoms with Crippen molar-refractivity contribution in [3.63, 3.8) is 0 Å². The maximum Gasteiger partial charge on any atom is 0.165 e. The van der Waals surface area contributed by atoms with E-state index in [0.717, 1.165) is 32.4 Å². The lowest BCUT2D eigenvalue weighted by atomic mass is 9.91. The van der Waals surface area contributed by atoms with E-state index in [4.69, 9.17) is 0 Å². The molecule has 86 valence electrons.